The largest absolute Gasteiger partial charge is 0.493 e. The lowest BCUT2D eigenvalue weighted by molar-refractivity contribution is -0.138. The summed E-state index contributed by atoms with van der Waals surface area (Å²) in [5.41, 5.74) is 5.63. The van der Waals surface area contributed by atoms with Gasteiger partial charge in [0, 0.05) is 11.4 Å². The van der Waals surface area contributed by atoms with Gasteiger partial charge in [0.1, 0.15) is 13.2 Å². The standard InChI is InChI=1S/C35H35N3O5S/c1-6-16-42-35(40)32-24(4)37-34(44-21-31(39)38-27-14-12-22(2)23(3)17-27)28(19-36)33(32)26-13-15-29(30(18-26)41-5)43-20-25-10-8-7-9-11-25/h6-15,17-18,33,37H,1,16,20-21H2,2-5H3,(H,38,39). The molecule has 1 unspecified atom stereocenters. The molecule has 0 spiro atoms. The number of ether oxygens (including phenoxy) is 3. The van der Waals surface area contributed by atoms with E-state index in [4.69, 9.17) is 14.2 Å². The van der Waals surface area contributed by atoms with Crippen LogP contribution in [0.3, 0.4) is 0 Å². The lowest BCUT2D eigenvalue weighted by atomic mass is 9.82. The summed E-state index contributed by atoms with van der Waals surface area (Å²) < 4.78 is 17.1. The number of allylic oxidation sites excluding steroid dienone is 2. The monoisotopic (exact) mass is 609 g/mol. The molecule has 44 heavy (non-hydrogen) atoms. The van der Waals surface area contributed by atoms with Crippen LogP contribution in [-0.2, 0) is 20.9 Å². The molecule has 1 aliphatic rings. The predicted molar refractivity (Wildman–Crippen MR) is 173 cm³/mol. The summed E-state index contributed by atoms with van der Waals surface area (Å²) in [5.74, 6) is -0.556. The zero-order valence-electron chi connectivity index (χ0n) is 25.2. The van der Waals surface area contributed by atoms with E-state index >= 15 is 0 Å². The van der Waals surface area contributed by atoms with Gasteiger partial charge >= 0.3 is 5.97 Å². The minimum atomic E-state index is -0.777. The van der Waals surface area contributed by atoms with Crippen LogP contribution in [0.2, 0.25) is 0 Å². The Hall–Kier alpha value is -4.94. The number of hydrogen-bond donors (Lipinski definition) is 2. The zero-order valence-corrected chi connectivity index (χ0v) is 26.0. The summed E-state index contributed by atoms with van der Waals surface area (Å²) in [7, 11) is 1.54. The zero-order chi connectivity index (χ0) is 31.6. The normalized spacial score (nSPS) is 14.3. The average molecular weight is 610 g/mol. The number of carbonyl (C=O) groups excluding carboxylic acids is 2. The molecule has 0 aliphatic carbocycles. The van der Waals surface area contributed by atoms with Crippen molar-refractivity contribution < 1.29 is 23.8 Å². The molecule has 3 aromatic rings. The fourth-order valence-corrected chi connectivity index (χ4v) is 5.61. The van der Waals surface area contributed by atoms with Crippen molar-refractivity contribution in [1.82, 2.24) is 5.32 Å². The first kappa shape index (κ1) is 32.0. The van der Waals surface area contributed by atoms with Gasteiger partial charge in [-0.05, 0) is 67.3 Å². The van der Waals surface area contributed by atoms with Crippen molar-refractivity contribution in [2.24, 2.45) is 0 Å². The van der Waals surface area contributed by atoms with Crippen LogP contribution in [0.4, 0.5) is 5.69 Å². The van der Waals surface area contributed by atoms with Gasteiger partial charge in [-0.2, -0.15) is 5.26 Å². The van der Waals surface area contributed by atoms with Crippen molar-refractivity contribution in [1.29, 1.82) is 5.26 Å². The van der Waals surface area contributed by atoms with E-state index < -0.39 is 11.9 Å². The minimum Gasteiger partial charge on any atom is -0.493 e. The summed E-state index contributed by atoms with van der Waals surface area (Å²) in [5, 5.41) is 17.0. The van der Waals surface area contributed by atoms with Crippen molar-refractivity contribution in [3.8, 4) is 17.6 Å². The van der Waals surface area contributed by atoms with E-state index in [0.29, 0.717) is 40.1 Å². The molecule has 4 rings (SSSR count). The summed E-state index contributed by atoms with van der Waals surface area (Å²) >= 11 is 1.19. The van der Waals surface area contributed by atoms with E-state index in [0.717, 1.165) is 16.7 Å². The van der Waals surface area contributed by atoms with Crippen LogP contribution < -0.4 is 20.1 Å². The first-order valence-electron chi connectivity index (χ1n) is 14.0. The van der Waals surface area contributed by atoms with Crippen LogP contribution in [0.15, 0.2) is 101 Å². The quantitative estimate of drug-likeness (QED) is 0.173. The summed E-state index contributed by atoms with van der Waals surface area (Å²) in [6.45, 7) is 9.73. The number of benzene rings is 3. The molecule has 0 fully saturated rings. The molecule has 1 heterocycles. The van der Waals surface area contributed by atoms with Crippen LogP contribution >= 0.6 is 11.8 Å². The number of dihydropyridines is 1. The Kier molecular flexibility index (Phi) is 10.9. The van der Waals surface area contributed by atoms with Crippen LogP contribution in [0.25, 0.3) is 0 Å². The van der Waals surface area contributed by atoms with E-state index in [1.807, 2.05) is 62.4 Å². The van der Waals surface area contributed by atoms with Crippen LogP contribution in [0.5, 0.6) is 11.5 Å². The Labute approximate surface area is 262 Å². The number of esters is 1. The molecule has 0 bridgehead atoms. The molecule has 0 radical (unpaired) electrons. The maximum atomic E-state index is 13.3. The summed E-state index contributed by atoms with van der Waals surface area (Å²) in [6.07, 6.45) is 1.48. The molecular weight excluding hydrogens is 574 g/mol. The van der Waals surface area contributed by atoms with Crippen molar-refractivity contribution >= 4 is 29.3 Å². The highest BCUT2D eigenvalue weighted by molar-refractivity contribution is 8.03. The second-order valence-electron chi connectivity index (χ2n) is 10.2. The van der Waals surface area contributed by atoms with Crippen LogP contribution in [0.1, 0.15) is 35.1 Å². The SMILES string of the molecule is C=CCOC(=O)C1=C(C)NC(SCC(=O)Nc2ccc(C)c(C)c2)=C(C#N)C1c1ccc(OCc2ccccc2)c(OC)c1. The van der Waals surface area contributed by atoms with E-state index in [1.165, 1.54) is 24.9 Å². The number of nitrogens with one attached hydrogen (secondary N) is 2. The second-order valence-corrected chi connectivity index (χ2v) is 11.1. The highest BCUT2D eigenvalue weighted by Crippen LogP contribution is 2.43. The topological polar surface area (TPSA) is 110 Å². The van der Waals surface area contributed by atoms with Crippen molar-refractivity contribution in [2.75, 3.05) is 24.8 Å². The third kappa shape index (κ3) is 7.71. The fraction of sp³-hybridized carbons (Fsp3) is 0.229. The average Bonchev–Trinajstić information content (AvgIpc) is 3.03. The number of thioether (sulfide) groups is 1. The number of aryl methyl sites for hydroxylation is 2. The maximum Gasteiger partial charge on any atom is 0.337 e. The summed E-state index contributed by atoms with van der Waals surface area (Å²) in [4.78, 5) is 26.2. The van der Waals surface area contributed by atoms with Gasteiger partial charge in [0.25, 0.3) is 0 Å². The molecule has 9 heteroatoms. The molecule has 8 nitrogen and oxygen atoms in total. The Morgan fingerprint density at radius 3 is 2.50 bits per heavy atom. The molecule has 3 aromatic carbocycles. The van der Waals surface area contributed by atoms with Gasteiger partial charge in [-0.15, -0.1) is 0 Å². The van der Waals surface area contributed by atoms with E-state index in [2.05, 4.69) is 23.3 Å². The van der Waals surface area contributed by atoms with Gasteiger partial charge in [-0.25, -0.2) is 4.79 Å². The molecule has 0 saturated heterocycles. The predicted octanol–water partition coefficient (Wildman–Crippen LogP) is 6.69. The number of amides is 1. The van der Waals surface area contributed by atoms with Crippen LogP contribution in [-0.4, -0.2) is 31.3 Å². The number of nitrogens with zero attached hydrogens (tertiary/aromatic N) is 1. The van der Waals surface area contributed by atoms with Crippen molar-refractivity contribution in [3.05, 3.63) is 124 Å². The van der Waals surface area contributed by atoms with Crippen molar-refractivity contribution in [2.45, 2.75) is 33.3 Å². The molecule has 0 saturated carbocycles. The van der Waals surface area contributed by atoms with Gasteiger partial charge in [0.2, 0.25) is 5.91 Å². The van der Waals surface area contributed by atoms with Crippen LogP contribution in [0, 0.1) is 25.2 Å². The molecule has 0 aromatic heterocycles. The van der Waals surface area contributed by atoms with Gasteiger partial charge in [0.05, 0.1) is 41.0 Å². The molecule has 1 atom stereocenters. The lowest BCUT2D eigenvalue weighted by Gasteiger charge is -2.29. The number of carbonyl (C=O) groups is 2. The number of hydrogen-bond acceptors (Lipinski definition) is 8. The van der Waals surface area contributed by atoms with E-state index in [9.17, 15) is 14.9 Å². The lowest BCUT2D eigenvalue weighted by Crippen LogP contribution is -2.29. The molecular formula is C35H35N3O5S. The number of nitriles is 1. The van der Waals surface area contributed by atoms with Gasteiger partial charge < -0.3 is 24.8 Å². The second kappa shape index (κ2) is 15.0. The number of rotatable bonds is 12. The highest BCUT2D eigenvalue weighted by Gasteiger charge is 2.36. The Morgan fingerprint density at radius 2 is 1.82 bits per heavy atom. The van der Waals surface area contributed by atoms with Crippen molar-refractivity contribution in [3.63, 3.8) is 0 Å². The Morgan fingerprint density at radius 1 is 1.05 bits per heavy atom. The molecule has 1 aliphatic heterocycles. The molecule has 1 amide bonds. The van der Waals surface area contributed by atoms with E-state index in [1.54, 1.807) is 25.1 Å². The first-order valence-corrected chi connectivity index (χ1v) is 15.0. The third-order valence-electron chi connectivity index (χ3n) is 7.10. The molecule has 226 valence electrons. The van der Waals surface area contributed by atoms with Gasteiger partial charge in [-0.3, -0.25) is 4.79 Å². The highest BCUT2D eigenvalue weighted by atomic mass is 32.2. The smallest absolute Gasteiger partial charge is 0.337 e. The van der Waals surface area contributed by atoms with Gasteiger partial charge in [0.15, 0.2) is 11.5 Å². The molecule has 2 N–H and O–H groups in total. The fourth-order valence-electron chi connectivity index (χ4n) is 4.71. The maximum absolute atomic E-state index is 13.3. The number of anilines is 1. The Bertz CT molecular complexity index is 1660. The Balaban J connectivity index is 1.64. The number of methoxy groups -OCH3 is 1. The van der Waals surface area contributed by atoms with E-state index in [-0.39, 0.29) is 29.4 Å². The summed E-state index contributed by atoms with van der Waals surface area (Å²) in [6, 6.07) is 23.1. The van der Waals surface area contributed by atoms with Gasteiger partial charge in [-0.1, -0.05) is 66.9 Å². The first-order chi connectivity index (χ1) is 21.2. The third-order valence-corrected chi connectivity index (χ3v) is 8.11. The minimum absolute atomic E-state index is 0.0176.